The highest BCUT2D eigenvalue weighted by Gasteiger charge is 2.63. The van der Waals surface area contributed by atoms with Crippen LogP contribution in [0.25, 0.3) is 0 Å². The highest BCUT2D eigenvalue weighted by atomic mass is 16.1. The fraction of sp³-hybridized carbons (Fsp3) is 0.562. The second-order valence-electron chi connectivity index (χ2n) is 6.20. The van der Waals surface area contributed by atoms with Crippen LogP contribution in [0.4, 0.5) is 0 Å². The van der Waals surface area contributed by atoms with Crippen LogP contribution in [-0.4, -0.2) is 17.5 Å². The molecule has 1 saturated heterocycles. The number of nitrogens with two attached hydrogens (primary N) is 1. The van der Waals surface area contributed by atoms with Crippen molar-refractivity contribution in [2.24, 2.45) is 17.6 Å². The molecule has 2 aliphatic rings. The molecule has 0 bridgehead atoms. The van der Waals surface area contributed by atoms with E-state index < -0.39 is 0 Å². The minimum absolute atomic E-state index is 0.0991. The van der Waals surface area contributed by atoms with E-state index in [0.29, 0.717) is 11.8 Å². The highest BCUT2D eigenvalue weighted by Crippen LogP contribution is 2.56. The number of carbonyl (C=O) groups is 1. The maximum Gasteiger partial charge on any atom is 0.234 e. The molecule has 3 unspecified atom stereocenters. The summed E-state index contributed by atoms with van der Waals surface area (Å²) in [4.78, 5) is 11.3. The van der Waals surface area contributed by atoms with Gasteiger partial charge in [-0.1, -0.05) is 37.3 Å². The number of benzene rings is 1. The predicted molar refractivity (Wildman–Crippen MR) is 75.5 cm³/mol. The normalized spacial score (nSPS) is 33.7. The van der Waals surface area contributed by atoms with Gasteiger partial charge in [-0.25, -0.2) is 0 Å². The molecule has 19 heavy (non-hydrogen) atoms. The summed E-state index contributed by atoms with van der Waals surface area (Å²) in [6.07, 6.45) is 4.43. The number of aryl methyl sites for hydroxylation is 1. The topological polar surface area (TPSA) is 55.1 Å². The monoisotopic (exact) mass is 258 g/mol. The summed E-state index contributed by atoms with van der Waals surface area (Å²) in [5.74, 6) is 1.07. The second-order valence-corrected chi connectivity index (χ2v) is 6.20. The molecular formula is C16H22N2O. The highest BCUT2D eigenvalue weighted by molar-refractivity contribution is 5.80. The van der Waals surface area contributed by atoms with Gasteiger partial charge in [0.05, 0.1) is 6.04 Å². The van der Waals surface area contributed by atoms with Crippen LogP contribution in [-0.2, 0) is 11.2 Å². The first-order chi connectivity index (χ1) is 9.12. The number of rotatable bonds is 5. The summed E-state index contributed by atoms with van der Waals surface area (Å²) in [5, 5.41) is 3.50. The Morgan fingerprint density at radius 2 is 2.21 bits per heavy atom. The van der Waals surface area contributed by atoms with Crippen molar-refractivity contribution >= 4 is 5.91 Å². The summed E-state index contributed by atoms with van der Waals surface area (Å²) >= 11 is 0. The number of primary amides is 1. The molecular weight excluding hydrogens is 236 g/mol. The van der Waals surface area contributed by atoms with Crippen molar-refractivity contribution in [1.29, 1.82) is 0 Å². The minimum Gasteiger partial charge on any atom is -0.368 e. The van der Waals surface area contributed by atoms with Crippen LogP contribution < -0.4 is 11.1 Å². The average molecular weight is 258 g/mol. The van der Waals surface area contributed by atoms with Gasteiger partial charge in [0.1, 0.15) is 0 Å². The first-order valence-corrected chi connectivity index (χ1v) is 7.23. The zero-order valence-electron chi connectivity index (χ0n) is 11.4. The summed E-state index contributed by atoms with van der Waals surface area (Å²) in [7, 11) is 0. The lowest BCUT2D eigenvalue weighted by molar-refractivity contribution is -0.120. The van der Waals surface area contributed by atoms with E-state index in [-0.39, 0.29) is 17.5 Å². The van der Waals surface area contributed by atoms with E-state index in [4.69, 9.17) is 5.73 Å². The lowest BCUT2D eigenvalue weighted by atomic mass is 9.91. The van der Waals surface area contributed by atoms with E-state index in [0.717, 1.165) is 12.8 Å². The van der Waals surface area contributed by atoms with Gasteiger partial charge in [-0.15, -0.1) is 0 Å². The first-order valence-electron chi connectivity index (χ1n) is 7.23. The van der Waals surface area contributed by atoms with Crippen molar-refractivity contribution in [1.82, 2.24) is 5.32 Å². The summed E-state index contributed by atoms with van der Waals surface area (Å²) in [6.45, 7) is 2.30. The predicted octanol–water partition coefficient (Wildman–Crippen LogP) is 1.86. The molecule has 1 heterocycles. The van der Waals surface area contributed by atoms with Crippen LogP contribution in [0.15, 0.2) is 30.3 Å². The zero-order chi connectivity index (χ0) is 13.5. The molecule has 0 aromatic heterocycles. The fourth-order valence-electron chi connectivity index (χ4n) is 3.71. The van der Waals surface area contributed by atoms with E-state index in [1.807, 2.05) is 0 Å². The van der Waals surface area contributed by atoms with Crippen molar-refractivity contribution in [2.75, 3.05) is 0 Å². The van der Waals surface area contributed by atoms with E-state index in [1.54, 1.807) is 0 Å². The summed E-state index contributed by atoms with van der Waals surface area (Å²) in [5.41, 5.74) is 7.00. The first kappa shape index (κ1) is 12.7. The zero-order valence-corrected chi connectivity index (χ0v) is 11.4. The van der Waals surface area contributed by atoms with Crippen molar-refractivity contribution in [3.8, 4) is 0 Å². The van der Waals surface area contributed by atoms with Gasteiger partial charge in [-0.2, -0.15) is 0 Å². The summed E-state index contributed by atoms with van der Waals surface area (Å²) < 4.78 is 0. The number of carbonyl (C=O) groups excluding carboxylic acids is 1. The van der Waals surface area contributed by atoms with Gasteiger partial charge in [0.2, 0.25) is 5.91 Å². The Morgan fingerprint density at radius 3 is 2.84 bits per heavy atom. The van der Waals surface area contributed by atoms with Gasteiger partial charge in [-0.05, 0) is 43.1 Å². The molecule has 1 aromatic carbocycles. The third-order valence-corrected chi connectivity index (χ3v) is 5.05. The molecule has 1 aliphatic carbocycles. The molecule has 3 heteroatoms. The van der Waals surface area contributed by atoms with Gasteiger partial charge < -0.3 is 5.73 Å². The lowest BCUT2D eigenvalue weighted by Gasteiger charge is -2.24. The number of hydrogen-bond donors (Lipinski definition) is 2. The number of fused-ring (bicyclic) bond motifs is 1. The van der Waals surface area contributed by atoms with Crippen molar-refractivity contribution < 1.29 is 4.79 Å². The Balaban J connectivity index is 1.57. The molecule has 4 atom stereocenters. The molecule has 3 nitrogen and oxygen atoms in total. The maximum absolute atomic E-state index is 11.3. The Bertz CT molecular complexity index is 473. The van der Waals surface area contributed by atoms with E-state index >= 15 is 0 Å². The largest absolute Gasteiger partial charge is 0.368 e. The van der Waals surface area contributed by atoms with E-state index in [1.165, 1.54) is 18.4 Å². The number of piperidine rings is 1. The SMILES string of the molecule is C[C@H](CCc1ccccc1)C12CC1CC(C(N)=O)N2. The molecule has 0 spiro atoms. The maximum atomic E-state index is 11.3. The smallest absolute Gasteiger partial charge is 0.234 e. The van der Waals surface area contributed by atoms with Crippen molar-refractivity contribution in [2.45, 2.75) is 44.2 Å². The van der Waals surface area contributed by atoms with Crippen molar-refractivity contribution in [3.63, 3.8) is 0 Å². The molecule has 1 saturated carbocycles. The van der Waals surface area contributed by atoms with E-state index in [2.05, 4.69) is 42.6 Å². The van der Waals surface area contributed by atoms with Crippen LogP contribution in [0.2, 0.25) is 0 Å². The fourth-order valence-corrected chi connectivity index (χ4v) is 3.71. The van der Waals surface area contributed by atoms with Gasteiger partial charge in [0.15, 0.2) is 0 Å². The molecule has 3 rings (SSSR count). The average Bonchev–Trinajstić information content (AvgIpc) is 2.99. The van der Waals surface area contributed by atoms with Crippen molar-refractivity contribution in [3.05, 3.63) is 35.9 Å². The number of hydrogen-bond acceptors (Lipinski definition) is 2. The standard InChI is InChI=1S/C16H22N2O/c1-11(7-8-12-5-3-2-4-6-12)16-10-13(16)9-14(18-16)15(17)19/h2-6,11,13-14,18H,7-10H2,1H3,(H2,17,19)/t11-,13?,14?,16?/m1/s1. The number of nitrogens with one attached hydrogen (secondary N) is 1. The van der Waals surface area contributed by atoms with E-state index in [9.17, 15) is 4.79 Å². The Morgan fingerprint density at radius 1 is 1.47 bits per heavy atom. The molecule has 0 radical (unpaired) electrons. The van der Waals surface area contributed by atoms with Crippen LogP contribution in [0.5, 0.6) is 0 Å². The molecule has 3 N–H and O–H groups in total. The summed E-state index contributed by atoms with van der Waals surface area (Å²) in [6, 6.07) is 10.5. The number of amides is 1. The Kier molecular flexibility index (Phi) is 3.09. The third-order valence-electron chi connectivity index (χ3n) is 5.05. The molecule has 1 aliphatic heterocycles. The van der Waals surface area contributed by atoms with Gasteiger partial charge in [0.25, 0.3) is 0 Å². The second kappa shape index (κ2) is 4.64. The van der Waals surface area contributed by atoms with Gasteiger partial charge >= 0.3 is 0 Å². The molecule has 102 valence electrons. The van der Waals surface area contributed by atoms with Crippen LogP contribution in [0.1, 0.15) is 31.7 Å². The lowest BCUT2D eigenvalue weighted by Crippen LogP contribution is -2.46. The van der Waals surface area contributed by atoms with Crippen LogP contribution >= 0.6 is 0 Å². The van der Waals surface area contributed by atoms with Crippen LogP contribution in [0, 0.1) is 11.8 Å². The van der Waals surface area contributed by atoms with Gasteiger partial charge in [-0.3, -0.25) is 10.1 Å². The van der Waals surface area contributed by atoms with Crippen LogP contribution in [0.3, 0.4) is 0 Å². The molecule has 1 aromatic rings. The molecule has 2 fully saturated rings. The Labute approximate surface area is 114 Å². The Hall–Kier alpha value is -1.35. The quantitative estimate of drug-likeness (QED) is 0.847. The minimum atomic E-state index is -0.193. The van der Waals surface area contributed by atoms with Gasteiger partial charge in [0, 0.05) is 5.54 Å². The third kappa shape index (κ3) is 2.27. The molecule has 1 amide bonds.